The van der Waals surface area contributed by atoms with Gasteiger partial charge in [-0.2, -0.15) is 0 Å². The molecule has 6 heteroatoms. The summed E-state index contributed by atoms with van der Waals surface area (Å²) in [6, 6.07) is 16.3. The average molecular weight is 341 g/mol. The molecule has 2 aromatic rings. The number of nitrogens with one attached hydrogen (secondary N) is 1. The molecule has 0 aliphatic carbocycles. The molecule has 0 saturated carbocycles. The Labute approximate surface area is 145 Å². The summed E-state index contributed by atoms with van der Waals surface area (Å²) in [6.45, 7) is -0.280. The van der Waals surface area contributed by atoms with Crippen LogP contribution in [0.4, 0.5) is 0 Å². The number of benzene rings is 2. The van der Waals surface area contributed by atoms with Gasteiger partial charge < -0.3 is 14.8 Å². The molecule has 0 aliphatic rings. The first-order valence-electron chi connectivity index (χ1n) is 7.82. The SMILES string of the molecule is O=Cc1ccccc1OCC(=O)OCC(=O)NCCc1ccccc1. The molecule has 1 amide bonds. The van der Waals surface area contributed by atoms with Gasteiger partial charge in [0, 0.05) is 6.54 Å². The molecule has 0 atom stereocenters. The van der Waals surface area contributed by atoms with Crippen LogP contribution in [0.5, 0.6) is 5.75 Å². The van der Waals surface area contributed by atoms with Crippen molar-refractivity contribution in [2.45, 2.75) is 6.42 Å². The Hall–Kier alpha value is -3.15. The Morgan fingerprint density at radius 2 is 1.68 bits per heavy atom. The van der Waals surface area contributed by atoms with Gasteiger partial charge in [-0.3, -0.25) is 9.59 Å². The number of amides is 1. The number of hydrogen-bond donors (Lipinski definition) is 1. The van der Waals surface area contributed by atoms with Gasteiger partial charge in [0.2, 0.25) is 0 Å². The molecule has 2 rings (SSSR count). The standard InChI is InChI=1S/C19H19NO5/c21-12-16-8-4-5-9-17(16)24-14-19(23)25-13-18(22)20-11-10-15-6-2-1-3-7-15/h1-9,12H,10-11,13-14H2,(H,20,22). The quantitative estimate of drug-likeness (QED) is 0.555. The molecule has 25 heavy (non-hydrogen) atoms. The van der Waals surface area contributed by atoms with Crippen molar-refractivity contribution >= 4 is 18.2 Å². The fourth-order valence-corrected chi connectivity index (χ4v) is 2.08. The lowest BCUT2D eigenvalue weighted by Gasteiger charge is -2.09. The summed E-state index contributed by atoms with van der Waals surface area (Å²) in [5.41, 5.74) is 1.45. The van der Waals surface area contributed by atoms with E-state index < -0.39 is 5.97 Å². The smallest absolute Gasteiger partial charge is 0.344 e. The van der Waals surface area contributed by atoms with Crippen molar-refractivity contribution in [3.8, 4) is 5.75 Å². The van der Waals surface area contributed by atoms with Crippen molar-refractivity contribution in [1.29, 1.82) is 0 Å². The molecule has 130 valence electrons. The minimum atomic E-state index is -0.682. The fraction of sp³-hybridized carbons (Fsp3) is 0.211. The lowest BCUT2D eigenvalue weighted by molar-refractivity contribution is -0.150. The third kappa shape index (κ3) is 6.47. The van der Waals surface area contributed by atoms with E-state index in [-0.39, 0.29) is 19.1 Å². The molecule has 0 aromatic heterocycles. The number of para-hydroxylation sites is 1. The monoisotopic (exact) mass is 341 g/mol. The minimum absolute atomic E-state index is 0.293. The highest BCUT2D eigenvalue weighted by Gasteiger charge is 2.09. The number of carbonyl (C=O) groups is 3. The highest BCUT2D eigenvalue weighted by Crippen LogP contribution is 2.15. The predicted molar refractivity (Wildman–Crippen MR) is 91.4 cm³/mol. The summed E-state index contributed by atoms with van der Waals surface area (Å²) >= 11 is 0. The number of aldehydes is 1. The van der Waals surface area contributed by atoms with Crippen LogP contribution in [0.15, 0.2) is 54.6 Å². The van der Waals surface area contributed by atoms with Crippen molar-refractivity contribution in [2.24, 2.45) is 0 Å². The van der Waals surface area contributed by atoms with Crippen LogP contribution in [0.25, 0.3) is 0 Å². The van der Waals surface area contributed by atoms with Crippen LogP contribution in [-0.2, 0) is 20.7 Å². The van der Waals surface area contributed by atoms with E-state index in [1.807, 2.05) is 30.3 Å². The molecule has 0 bridgehead atoms. The minimum Gasteiger partial charge on any atom is -0.481 e. The van der Waals surface area contributed by atoms with Crippen LogP contribution in [0.3, 0.4) is 0 Å². The van der Waals surface area contributed by atoms with Gasteiger partial charge in [0.25, 0.3) is 5.91 Å². The first-order chi connectivity index (χ1) is 12.2. The highest BCUT2D eigenvalue weighted by atomic mass is 16.6. The van der Waals surface area contributed by atoms with Crippen LogP contribution >= 0.6 is 0 Å². The van der Waals surface area contributed by atoms with Crippen molar-refractivity contribution in [3.63, 3.8) is 0 Å². The molecule has 0 heterocycles. The maximum absolute atomic E-state index is 11.6. The van der Waals surface area contributed by atoms with Gasteiger partial charge in [-0.05, 0) is 24.1 Å². The normalized spacial score (nSPS) is 9.92. The van der Waals surface area contributed by atoms with Crippen LogP contribution in [-0.4, -0.2) is 37.9 Å². The van der Waals surface area contributed by atoms with Crippen LogP contribution in [0.2, 0.25) is 0 Å². The third-order valence-electron chi connectivity index (χ3n) is 3.33. The summed E-state index contributed by atoms with van der Waals surface area (Å²) in [5, 5.41) is 2.68. The maximum Gasteiger partial charge on any atom is 0.344 e. The maximum atomic E-state index is 11.6. The zero-order valence-corrected chi connectivity index (χ0v) is 13.6. The second-order valence-electron chi connectivity index (χ2n) is 5.19. The van der Waals surface area contributed by atoms with Gasteiger partial charge in [0.05, 0.1) is 5.56 Å². The first kappa shape index (κ1) is 18.2. The van der Waals surface area contributed by atoms with Gasteiger partial charge in [0.15, 0.2) is 19.5 Å². The van der Waals surface area contributed by atoms with Gasteiger partial charge >= 0.3 is 5.97 Å². The van der Waals surface area contributed by atoms with Gasteiger partial charge in [-0.1, -0.05) is 42.5 Å². The summed E-state index contributed by atoms with van der Waals surface area (Å²) in [6.07, 6.45) is 1.34. The second-order valence-corrected chi connectivity index (χ2v) is 5.19. The van der Waals surface area contributed by atoms with E-state index in [1.54, 1.807) is 24.3 Å². The number of carbonyl (C=O) groups excluding carboxylic acids is 3. The summed E-state index contributed by atoms with van der Waals surface area (Å²) in [7, 11) is 0. The van der Waals surface area contributed by atoms with Crippen LogP contribution in [0, 0.1) is 0 Å². The van der Waals surface area contributed by atoms with E-state index in [9.17, 15) is 14.4 Å². The largest absolute Gasteiger partial charge is 0.481 e. The van der Waals surface area contributed by atoms with E-state index in [1.165, 1.54) is 0 Å². The van der Waals surface area contributed by atoms with E-state index in [0.717, 1.165) is 5.56 Å². The number of hydrogen-bond acceptors (Lipinski definition) is 5. The van der Waals surface area contributed by atoms with Crippen molar-refractivity contribution < 1.29 is 23.9 Å². The molecule has 0 aliphatic heterocycles. The van der Waals surface area contributed by atoms with Crippen molar-refractivity contribution in [3.05, 3.63) is 65.7 Å². The number of rotatable bonds is 9. The lowest BCUT2D eigenvalue weighted by Crippen LogP contribution is -2.31. The average Bonchev–Trinajstić information content (AvgIpc) is 2.65. The van der Waals surface area contributed by atoms with Gasteiger partial charge in [-0.15, -0.1) is 0 Å². The molecule has 0 spiro atoms. The second kappa shape index (κ2) is 9.87. The Morgan fingerprint density at radius 3 is 2.44 bits per heavy atom. The van der Waals surface area contributed by atoms with Gasteiger partial charge in [0.1, 0.15) is 5.75 Å². The molecule has 0 saturated heterocycles. The van der Waals surface area contributed by atoms with E-state index >= 15 is 0 Å². The number of ether oxygens (including phenoxy) is 2. The summed E-state index contributed by atoms with van der Waals surface area (Å²) < 4.78 is 10.1. The summed E-state index contributed by atoms with van der Waals surface area (Å²) in [4.78, 5) is 34.1. The van der Waals surface area contributed by atoms with E-state index in [4.69, 9.17) is 9.47 Å². The molecular weight excluding hydrogens is 322 g/mol. The molecule has 1 N–H and O–H groups in total. The van der Waals surface area contributed by atoms with Gasteiger partial charge in [-0.25, -0.2) is 4.79 Å². The van der Waals surface area contributed by atoms with Crippen molar-refractivity contribution in [1.82, 2.24) is 5.32 Å². The Morgan fingerprint density at radius 1 is 0.960 bits per heavy atom. The van der Waals surface area contributed by atoms with Crippen LogP contribution in [0.1, 0.15) is 15.9 Å². The van der Waals surface area contributed by atoms with Crippen LogP contribution < -0.4 is 10.1 Å². The Bertz CT molecular complexity index is 715. The molecule has 2 aromatic carbocycles. The van der Waals surface area contributed by atoms with E-state index in [0.29, 0.717) is 30.6 Å². The zero-order valence-electron chi connectivity index (χ0n) is 13.6. The third-order valence-corrected chi connectivity index (χ3v) is 3.33. The molecule has 0 unspecified atom stereocenters. The Kier molecular flexibility index (Phi) is 7.18. The predicted octanol–water partition coefficient (Wildman–Crippen LogP) is 1.78. The fourth-order valence-electron chi connectivity index (χ4n) is 2.08. The topological polar surface area (TPSA) is 81.7 Å². The zero-order chi connectivity index (χ0) is 17.9. The number of esters is 1. The summed E-state index contributed by atoms with van der Waals surface area (Å²) in [5.74, 6) is -0.766. The lowest BCUT2D eigenvalue weighted by atomic mass is 10.1. The highest BCUT2D eigenvalue weighted by molar-refractivity contribution is 5.81. The first-order valence-corrected chi connectivity index (χ1v) is 7.82. The molecular formula is C19H19NO5. The molecule has 0 radical (unpaired) electrons. The molecule has 0 fully saturated rings. The molecule has 6 nitrogen and oxygen atoms in total. The Balaban J connectivity index is 1.64. The van der Waals surface area contributed by atoms with E-state index in [2.05, 4.69) is 5.32 Å². The van der Waals surface area contributed by atoms with Crippen molar-refractivity contribution in [2.75, 3.05) is 19.8 Å².